The minimum absolute atomic E-state index is 0. The molecule has 0 bridgehead atoms. The molecule has 30 heavy (non-hydrogen) atoms. The van der Waals surface area contributed by atoms with Crippen LogP contribution >= 0.6 is 12.4 Å². The maximum atomic E-state index is 10.1. The van der Waals surface area contributed by atoms with Gasteiger partial charge in [0.25, 0.3) is 0 Å². The molecule has 8 nitrogen and oxygen atoms in total. The number of fused-ring (bicyclic) bond motifs is 1. The molecule has 2 aromatic carbocycles. The summed E-state index contributed by atoms with van der Waals surface area (Å²) in [5.74, 6) is -0.355. The topological polar surface area (TPSA) is 98.6 Å². The highest BCUT2D eigenvalue weighted by Crippen LogP contribution is 2.51. The maximum Gasteiger partial charge on any atom is 0.218 e. The first-order valence-corrected chi connectivity index (χ1v) is 9.15. The molecule has 0 radical (unpaired) electrons. The molecule has 0 saturated heterocycles. The third-order valence-corrected chi connectivity index (χ3v) is 5.36. The SMILES string of the molecule is COc1ccc(C(OC)(OC)C2NCCc3cc(O)c(O)cc32)c(OC)c1OC.Cl. The van der Waals surface area contributed by atoms with E-state index < -0.39 is 11.8 Å². The number of rotatable bonds is 7. The zero-order valence-electron chi connectivity index (χ0n) is 17.6. The van der Waals surface area contributed by atoms with Gasteiger partial charge in [0.1, 0.15) is 0 Å². The average Bonchev–Trinajstić information content (AvgIpc) is 2.75. The van der Waals surface area contributed by atoms with Gasteiger partial charge in [-0.25, -0.2) is 0 Å². The van der Waals surface area contributed by atoms with Crippen molar-refractivity contribution in [3.63, 3.8) is 0 Å². The number of halogens is 1. The number of phenolic OH excluding ortho intramolecular Hbond substituents is 2. The Bertz CT molecular complexity index is 886. The van der Waals surface area contributed by atoms with Crippen LogP contribution in [-0.4, -0.2) is 52.3 Å². The minimum Gasteiger partial charge on any atom is -0.504 e. The lowest BCUT2D eigenvalue weighted by molar-refractivity contribution is -0.238. The molecule has 3 rings (SSSR count). The lowest BCUT2D eigenvalue weighted by Crippen LogP contribution is -2.47. The second kappa shape index (κ2) is 9.61. The van der Waals surface area contributed by atoms with Crippen molar-refractivity contribution >= 4 is 12.4 Å². The largest absolute Gasteiger partial charge is 0.504 e. The van der Waals surface area contributed by atoms with Crippen molar-refractivity contribution in [2.24, 2.45) is 0 Å². The van der Waals surface area contributed by atoms with E-state index in [-0.39, 0.29) is 23.9 Å². The average molecular weight is 442 g/mol. The summed E-state index contributed by atoms with van der Waals surface area (Å²) >= 11 is 0. The Hall–Kier alpha value is -2.39. The van der Waals surface area contributed by atoms with Crippen molar-refractivity contribution < 1.29 is 33.9 Å². The zero-order chi connectivity index (χ0) is 21.2. The van der Waals surface area contributed by atoms with Gasteiger partial charge in [0, 0.05) is 14.2 Å². The number of hydrogen-bond donors (Lipinski definition) is 3. The van der Waals surface area contributed by atoms with Crippen molar-refractivity contribution in [3.8, 4) is 28.7 Å². The van der Waals surface area contributed by atoms with E-state index in [1.54, 1.807) is 25.3 Å². The van der Waals surface area contributed by atoms with Gasteiger partial charge in [-0.15, -0.1) is 12.4 Å². The molecule has 1 aliphatic rings. The number of nitrogens with one attached hydrogen (secondary N) is 1. The molecule has 0 amide bonds. The molecule has 0 aromatic heterocycles. The third-order valence-electron chi connectivity index (χ3n) is 5.36. The molecule has 1 aliphatic heterocycles. The van der Waals surface area contributed by atoms with E-state index in [1.807, 2.05) is 0 Å². The Morgan fingerprint density at radius 1 is 0.900 bits per heavy atom. The predicted octanol–water partition coefficient (Wildman–Crippen LogP) is 2.88. The Kier molecular flexibility index (Phi) is 7.65. The smallest absolute Gasteiger partial charge is 0.218 e. The number of aromatic hydroxyl groups is 2. The zero-order valence-corrected chi connectivity index (χ0v) is 18.5. The van der Waals surface area contributed by atoms with Crippen molar-refractivity contribution in [1.82, 2.24) is 5.32 Å². The molecule has 3 N–H and O–H groups in total. The van der Waals surface area contributed by atoms with Crippen LogP contribution in [0.4, 0.5) is 0 Å². The maximum absolute atomic E-state index is 10.1. The molecule has 0 fully saturated rings. The van der Waals surface area contributed by atoms with Crippen LogP contribution in [0.3, 0.4) is 0 Å². The Labute approximate surface area is 182 Å². The Morgan fingerprint density at radius 3 is 2.10 bits per heavy atom. The van der Waals surface area contributed by atoms with Crippen LogP contribution in [0.2, 0.25) is 0 Å². The van der Waals surface area contributed by atoms with E-state index in [1.165, 1.54) is 34.5 Å². The molecule has 1 heterocycles. The number of ether oxygens (including phenoxy) is 5. The third kappa shape index (κ3) is 3.72. The quantitative estimate of drug-likeness (QED) is 0.445. The second-order valence-electron chi connectivity index (χ2n) is 6.63. The molecule has 0 spiro atoms. The summed E-state index contributed by atoms with van der Waals surface area (Å²) in [4.78, 5) is 0. The number of methoxy groups -OCH3 is 5. The number of hydrogen-bond acceptors (Lipinski definition) is 8. The van der Waals surface area contributed by atoms with Gasteiger partial charge in [-0.1, -0.05) is 0 Å². The van der Waals surface area contributed by atoms with Gasteiger partial charge in [0.2, 0.25) is 11.5 Å². The molecular formula is C21H28ClNO7. The summed E-state index contributed by atoms with van der Waals surface area (Å²) in [6.45, 7) is 0.631. The Morgan fingerprint density at radius 2 is 1.53 bits per heavy atom. The summed E-state index contributed by atoms with van der Waals surface area (Å²) in [6, 6.07) is 6.15. The molecule has 1 atom stereocenters. The van der Waals surface area contributed by atoms with E-state index in [9.17, 15) is 10.2 Å². The van der Waals surface area contributed by atoms with Gasteiger partial charge in [0.15, 0.2) is 23.0 Å². The molecule has 166 valence electrons. The van der Waals surface area contributed by atoms with Gasteiger partial charge >= 0.3 is 0 Å². The fraction of sp³-hybridized carbons (Fsp3) is 0.429. The highest BCUT2D eigenvalue weighted by atomic mass is 35.5. The van der Waals surface area contributed by atoms with Gasteiger partial charge in [-0.2, -0.15) is 0 Å². The van der Waals surface area contributed by atoms with Crippen molar-refractivity contribution in [2.75, 3.05) is 42.1 Å². The van der Waals surface area contributed by atoms with Gasteiger partial charge in [-0.05, 0) is 48.4 Å². The van der Waals surface area contributed by atoms with E-state index in [2.05, 4.69) is 5.32 Å². The van der Waals surface area contributed by atoms with Crippen LogP contribution in [-0.2, 0) is 21.7 Å². The monoisotopic (exact) mass is 441 g/mol. The first kappa shape index (κ1) is 23.9. The molecule has 0 aliphatic carbocycles. The van der Waals surface area contributed by atoms with Crippen molar-refractivity contribution in [3.05, 3.63) is 41.0 Å². The molecule has 0 saturated carbocycles. The predicted molar refractivity (Wildman–Crippen MR) is 113 cm³/mol. The van der Waals surface area contributed by atoms with Crippen molar-refractivity contribution in [1.29, 1.82) is 0 Å². The van der Waals surface area contributed by atoms with Crippen molar-refractivity contribution in [2.45, 2.75) is 18.2 Å². The molecule has 2 aromatic rings. The van der Waals surface area contributed by atoms with Crippen LogP contribution in [0, 0.1) is 0 Å². The lowest BCUT2D eigenvalue weighted by atomic mass is 9.84. The lowest BCUT2D eigenvalue weighted by Gasteiger charge is -2.42. The van der Waals surface area contributed by atoms with E-state index in [4.69, 9.17) is 23.7 Å². The van der Waals surface area contributed by atoms with Crippen LogP contribution < -0.4 is 19.5 Å². The number of phenols is 2. The highest BCUT2D eigenvalue weighted by Gasteiger charge is 2.47. The van der Waals surface area contributed by atoms with Crippen LogP contribution in [0.5, 0.6) is 28.7 Å². The first-order chi connectivity index (χ1) is 14.0. The normalized spacial score (nSPS) is 15.7. The summed E-state index contributed by atoms with van der Waals surface area (Å²) in [6.07, 6.45) is 0.687. The van der Waals surface area contributed by atoms with E-state index >= 15 is 0 Å². The van der Waals surface area contributed by atoms with Gasteiger partial charge in [-0.3, -0.25) is 0 Å². The van der Waals surface area contributed by atoms with Crippen LogP contribution in [0.1, 0.15) is 22.7 Å². The fourth-order valence-electron chi connectivity index (χ4n) is 3.99. The Balaban J connectivity index is 0.00000320. The summed E-state index contributed by atoms with van der Waals surface area (Å²) in [7, 11) is 7.68. The van der Waals surface area contributed by atoms with E-state index in [0.717, 1.165) is 11.1 Å². The first-order valence-electron chi connectivity index (χ1n) is 9.15. The second-order valence-corrected chi connectivity index (χ2v) is 6.63. The molecule has 1 unspecified atom stereocenters. The van der Waals surface area contributed by atoms with Crippen LogP contribution in [0.25, 0.3) is 0 Å². The highest BCUT2D eigenvalue weighted by molar-refractivity contribution is 5.85. The summed E-state index contributed by atoms with van der Waals surface area (Å²) in [5.41, 5.74) is 2.23. The summed E-state index contributed by atoms with van der Waals surface area (Å²) < 4.78 is 28.5. The van der Waals surface area contributed by atoms with E-state index in [0.29, 0.717) is 35.8 Å². The van der Waals surface area contributed by atoms with Crippen LogP contribution in [0.15, 0.2) is 24.3 Å². The molecule has 9 heteroatoms. The standard InChI is InChI=1S/C21H27NO7.ClH/c1-25-17-7-6-14(18(26-2)19(17)27-3)21(28-4,29-5)20-13-11-16(24)15(23)10-12(13)8-9-22-20;/h6-7,10-11,20,22-24H,8-9H2,1-5H3;1H. The molecular weight excluding hydrogens is 414 g/mol. The van der Waals surface area contributed by atoms with Gasteiger partial charge in [0.05, 0.1) is 32.9 Å². The fourth-order valence-corrected chi connectivity index (χ4v) is 3.99. The minimum atomic E-state index is -1.32. The summed E-state index contributed by atoms with van der Waals surface area (Å²) in [5, 5.41) is 23.4. The van der Waals surface area contributed by atoms with Gasteiger partial charge < -0.3 is 39.2 Å². The number of benzene rings is 2.